The molecule has 9 heteroatoms. The van der Waals surface area contributed by atoms with Crippen molar-refractivity contribution in [2.75, 3.05) is 6.54 Å². The molecule has 0 aliphatic rings. The zero-order valence-electron chi connectivity index (χ0n) is 17.3. The summed E-state index contributed by atoms with van der Waals surface area (Å²) in [5, 5.41) is 18.3. The number of carbonyl (C=O) groups excluding carboxylic acids is 1. The van der Waals surface area contributed by atoms with Crippen LogP contribution >= 0.6 is 11.6 Å². The number of benzene rings is 2. The number of non-ortho nitro benzene ring substituents is 1. The van der Waals surface area contributed by atoms with E-state index in [9.17, 15) is 14.9 Å². The quantitative estimate of drug-likeness (QED) is 0.299. The van der Waals surface area contributed by atoms with E-state index in [1.807, 2.05) is 24.6 Å². The number of aromatic nitrogens is 2. The largest absolute Gasteiger partial charge is 0.487 e. The number of rotatable bonds is 9. The van der Waals surface area contributed by atoms with Gasteiger partial charge in [-0.3, -0.25) is 19.6 Å². The second kappa shape index (κ2) is 10.1. The third kappa shape index (κ3) is 6.05. The number of ether oxygens (including phenoxy) is 1. The van der Waals surface area contributed by atoms with E-state index >= 15 is 0 Å². The van der Waals surface area contributed by atoms with Crippen molar-refractivity contribution in [3.8, 4) is 5.75 Å². The smallest absolute Gasteiger partial charge is 0.271 e. The van der Waals surface area contributed by atoms with E-state index < -0.39 is 4.92 Å². The summed E-state index contributed by atoms with van der Waals surface area (Å²) in [4.78, 5) is 22.6. The number of aryl methyl sites for hydroxylation is 3. The van der Waals surface area contributed by atoms with Crippen molar-refractivity contribution in [2.45, 2.75) is 33.4 Å². The van der Waals surface area contributed by atoms with Gasteiger partial charge < -0.3 is 10.1 Å². The number of hydrogen-bond acceptors (Lipinski definition) is 5. The molecule has 0 spiro atoms. The zero-order valence-corrected chi connectivity index (χ0v) is 18.1. The molecule has 1 heterocycles. The van der Waals surface area contributed by atoms with Gasteiger partial charge >= 0.3 is 0 Å². The van der Waals surface area contributed by atoms with Crippen molar-refractivity contribution in [2.24, 2.45) is 0 Å². The second-order valence-electron chi connectivity index (χ2n) is 7.12. The Morgan fingerprint density at radius 3 is 2.55 bits per heavy atom. The third-order valence-electron chi connectivity index (χ3n) is 4.67. The Labute approximate surface area is 184 Å². The molecule has 0 aliphatic heterocycles. The van der Waals surface area contributed by atoms with Crippen LogP contribution in [-0.4, -0.2) is 27.2 Å². The summed E-state index contributed by atoms with van der Waals surface area (Å²) in [6.45, 7) is 5.50. The first-order valence-electron chi connectivity index (χ1n) is 9.78. The molecule has 0 aliphatic carbocycles. The van der Waals surface area contributed by atoms with Crippen LogP contribution in [0.15, 0.2) is 48.5 Å². The van der Waals surface area contributed by atoms with Crippen molar-refractivity contribution >= 4 is 23.2 Å². The molecular weight excluding hydrogens is 420 g/mol. The molecule has 31 heavy (non-hydrogen) atoms. The van der Waals surface area contributed by atoms with Crippen LogP contribution in [0.5, 0.6) is 5.75 Å². The predicted molar refractivity (Wildman–Crippen MR) is 118 cm³/mol. The summed E-state index contributed by atoms with van der Waals surface area (Å²) < 4.78 is 7.57. The van der Waals surface area contributed by atoms with Gasteiger partial charge in [0.25, 0.3) is 11.6 Å². The normalized spacial score (nSPS) is 10.7. The van der Waals surface area contributed by atoms with Crippen molar-refractivity contribution in [3.05, 3.63) is 86.2 Å². The fourth-order valence-electron chi connectivity index (χ4n) is 3.07. The molecular formula is C22H23ClN4O4. The number of halogens is 1. The molecule has 0 atom stereocenters. The molecule has 8 nitrogen and oxygen atoms in total. The van der Waals surface area contributed by atoms with E-state index in [0.29, 0.717) is 17.9 Å². The Bertz CT molecular complexity index is 1080. The molecule has 2 aromatic carbocycles. The minimum absolute atomic E-state index is 0.0948. The van der Waals surface area contributed by atoms with Gasteiger partial charge in [0, 0.05) is 36.5 Å². The van der Waals surface area contributed by atoms with Crippen molar-refractivity contribution in [3.63, 3.8) is 0 Å². The molecule has 3 aromatic rings. The highest BCUT2D eigenvalue weighted by atomic mass is 35.5. The topological polar surface area (TPSA) is 99.3 Å². The summed E-state index contributed by atoms with van der Waals surface area (Å²) >= 11 is 6.03. The van der Waals surface area contributed by atoms with Crippen molar-refractivity contribution < 1.29 is 14.5 Å². The molecule has 0 saturated carbocycles. The highest BCUT2D eigenvalue weighted by Gasteiger charge is 2.11. The van der Waals surface area contributed by atoms with Crippen LogP contribution in [0.25, 0.3) is 0 Å². The molecule has 1 amide bonds. The van der Waals surface area contributed by atoms with E-state index in [2.05, 4.69) is 10.4 Å². The Morgan fingerprint density at radius 2 is 1.94 bits per heavy atom. The average molecular weight is 443 g/mol. The number of nitro benzene ring substituents is 1. The summed E-state index contributed by atoms with van der Waals surface area (Å²) in [6, 6.07) is 13.1. The van der Waals surface area contributed by atoms with Crippen LogP contribution in [0, 0.1) is 24.0 Å². The number of nitro groups is 1. The van der Waals surface area contributed by atoms with Gasteiger partial charge in [-0.05, 0) is 50.1 Å². The number of nitrogens with zero attached hydrogens (tertiary/aromatic N) is 3. The van der Waals surface area contributed by atoms with Gasteiger partial charge in [0.05, 0.1) is 15.6 Å². The SMILES string of the molecule is Cc1cc(C)n(CCCNC(=O)c2ccc(COc3ccc([N+](=O)[O-])cc3Cl)cc2)n1. The van der Waals surface area contributed by atoms with E-state index in [1.165, 1.54) is 18.2 Å². The summed E-state index contributed by atoms with van der Waals surface area (Å²) in [6.07, 6.45) is 0.787. The van der Waals surface area contributed by atoms with E-state index in [1.54, 1.807) is 24.3 Å². The van der Waals surface area contributed by atoms with E-state index in [-0.39, 0.29) is 23.2 Å². The molecule has 0 unspecified atom stereocenters. The summed E-state index contributed by atoms with van der Waals surface area (Å²) in [5.41, 5.74) is 3.40. The number of nitrogens with one attached hydrogen (secondary N) is 1. The molecule has 0 radical (unpaired) electrons. The first kappa shape index (κ1) is 22.3. The maximum atomic E-state index is 12.3. The number of carbonyl (C=O) groups is 1. The standard InChI is InChI=1S/C22H23ClN4O4/c1-15-12-16(2)26(25-15)11-3-10-24-22(28)18-6-4-17(5-7-18)14-31-21-9-8-19(27(29)30)13-20(21)23/h4-9,12-13H,3,10-11,14H2,1-2H3,(H,24,28). The van der Waals surface area contributed by atoms with Crippen LogP contribution in [0.4, 0.5) is 5.69 Å². The average Bonchev–Trinajstić information content (AvgIpc) is 3.07. The molecule has 1 aromatic heterocycles. The van der Waals surface area contributed by atoms with Crippen LogP contribution < -0.4 is 10.1 Å². The molecule has 162 valence electrons. The Kier molecular flexibility index (Phi) is 7.25. The van der Waals surface area contributed by atoms with E-state index in [0.717, 1.165) is 29.9 Å². The lowest BCUT2D eigenvalue weighted by Crippen LogP contribution is -2.25. The summed E-state index contributed by atoms with van der Waals surface area (Å²) in [5.74, 6) is 0.218. The van der Waals surface area contributed by atoms with Gasteiger partial charge in [-0.2, -0.15) is 5.10 Å². The number of amides is 1. The van der Waals surface area contributed by atoms with Crippen LogP contribution in [0.2, 0.25) is 5.02 Å². The fraction of sp³-hybridized carbons (Fsp3) is 0.273. The molecule has 0 bridgehead atoms. The molecule has 3 rings (SSSR count). The minimum atomic E-state index is -0.515. The Morgan fingerprint density at radius 1 is 1.19 bits per heavy atom. The van der Waals surface area contributed by atoms with Crippen molar-refractivity contribution in [1.29, 1.82) is 0 Å². The van der Waals surface area contributed by atoms with Gasteiger partial charge in [0.15, 0.2) is 0 Å². The molecule has 0 saturated heterocycles. The maximum Gasteiger partial charge on any atom is 0.271 e. The van der Waals surface area contributed by atoms with Crippen LogP contribution in [0.3, 0.4) is 0 Å². The van der Waals surface area contributed by atoms with Crippen LogP contribution in [-0.2, 0) is 13.2 Å². The maximum absolute atomic E-state index is 12.3. The third-order valence-corrected chi connectivity index (χ3v) is 4.97. The van der Waals surface area contributed by atoms with E-state index in [4.69, 9.17) is 16.3 Å². The van der Waals surface area contributed by atoms with Crippen molar-refractivity contribution in [1.82, 2.24) is 15.1 Å². The van der Waals surface area contributed by atoms with Gasteiger partial charge in [-0.1, -0.05) is 23.7 Å². The second-order valence-corrected chi connectivity index (χ2v) is 7.52. The lowest BCUT2D eigenvalue weighted by molar-refractivity contribution is -0.384. The lowest BCUT2D eigenvalue weighted by Gasteiger charge is -2.09. The zero-order chi connectivity index (χ0) is 22.4. The Balaban J connectivity index is 1.46. The fourth-order valence-corrected chi connectivity index (χ4v) is 3.30. The molecule has 0 fully saturated rings. The predicted octanol–water partition coefficient (Wildman–Crippen LogP) is 4.46. The Hall–Kier alpha value is -3.39. The molecule has 1 N–H and O–H groups in total. The van der Waals surface area contributed by atoms with Crippen LogP contribution in [0.1, 0.15) is 33.7 Å². The summed E-state index contributed by atoms with van der Waals surface area (Å²) in [7, 11) is 0. The lowest BCUT2D eigenvalue weighted by atomic mass is 10.1. The monoisotopic (exact) mass is 442 g/mol. The first-order chi connectivity index (χ1) is 14.8. The van der Waals surface area contributed by atoms with Gasteiger partial charge in [-0.15, -0.1) is 0 Å². The number of hydrogen-bond donors (Lipinski definition) is 1. The minimum Gasteiger partial charge on any atom is -0.487 e. The van der Waals surface area contributed by atoms with Gasteiger partial charge in [0.1, 0.15) is 12.4 Å². The first-order valence-corrected chi connectivity index (χ1v) is 10.2. The highest BCUT2D eigenvalue weighted by molar-refractivity contribution is 6.32. The van der Waals surface area contributed by atoms with Gasteiger partial charge in [0.2, 0.25) is 0 Å². The van der Waals surface area contributed by atoms with Gasteiger partial charge in [-0.25, -0.2) is 0 Å². The highest BCUT2D eigenvalue weighted by Crippen LogP contribution is 2.29.